The molecule has 158 valence electrons. The molecule has 10 heteroatoms. The Labute approximate surface area is 169 Å². The number of fused-ring (bicyclic) bond motifs is 1. The molecule has 0 saturated heterocycles. The van der Waals surface area contributed by atoms with Gasteiger partial charge < -0.3 is 10.9 Å². The highest BCUT2D eigenvalue weighted by molar-refractivity contribution is 5.79. The second-order valence-electron chi connectivity index (χ2n) is 6.89. The number of rotatable bonds is 6. The van der Waals surface area contributed by atoms with Crippen molar-refractivity contribution in [1.82, 2.24) is 9.99 Å². The van der Waals surface area contributed by atoms with Crippen LogP contribution in [0.1, 0.15) is 16.8 Å². The largest absolute Gasteiger partial charge is 0.377 e. The lowest BCUT2D eigenvalue weighted by atomic mass is 9.84. The number of hydrazone groups is 1. The average Bonchev–Trinajstić information content (AvgIpc) is 2.69. The Morgan fingerprint density at radius 2 is 1.83 bits per heavy atom. The second-order valence-corrected chi connectivity index (χ2v) is 6.89. The zero-order chi connectivity index (χ0) is 22.1. The summed E-state index contributed by atoms with van der Waals surface area (Å²) in [4.78, 5) is 3.98. The predicted molar refractivity (Wildman–Crippen MR) is 104 cm³/mol. The molecule has 30 heavy (non-hydrogen) atoms. The lowest BCUT2D eigenvalue weighted by Gasteiger charge is -2.37. The first-order chi connectivity index (χ1) is 14.1. The van der Waals surface area contributed by atoms with Crippen molar-refractivity contribution in [2.24, 2.45) is 16.8 Å². The van der Waals surface area contributed by atoms with Gasteiger partial charge in [0.25, 0.3) is 0 Å². The molecule has 0 bridgehead atoms. The van der Waals surface area contributed by atoms with E-state index < -0.39 is 41.0 Å². The van der Waals surface area contributed by atoms with E-state index in [1.807, 2.05) is 6.92 Å². The number of hydrogen-bond donors (Lipinski definition) is 3. The number of benzene rings is 2. The topological polar surface area (TPSA) is 101 Å². The molecule has 0 spiro atoms. The van der Waals surface area contributed by atoms with Gasteiger partial charge in [-0.05, 0) is 42.8 Å². The SMILES string of the molecule is Cc1ccc2nc(C(F)(F)C(O)(CN(N)/C=N\N)c3ccc(F)c(F)c3)ccc2c1. The van der Waals surface area contributed by atoms with Crippen LogP contribution >= 0.6 is 0 Å². The van der Waals surface area contributed by atoms with Gasteiger partial charge in [-0.2, -0.15) is 13.9 Å². The Kier molecular flexibility index (Phi) is 5.64. The standard InChI is InChI=1S/C20H19F4N5O/c1-12-2-6-17-13(8-12)3-7-18(28-17)20(23,24)19(30,10-29(26)11-27-25)14-4-5-15(21)16(22)9-14/h2-9,11,30H,10,25-26H2,1H3/b27-11-. The summed E-state index contributed by atoms with van der Waals surface area (Å²) in [6, 6.07) is 9.52. The number of nitrogens with zero attached hydrogens (tertiary/aromatic N) is 3. The molecule has 0 aliphatic carbocycles. The third-order valence-corrected chi connectivity index (χ3v) is 4.71. The third-order valence-electron chi connectivity index (χ3n) is 4.71. The summed E-state index contributed by atoms with van der Waals surface area (Å²) in [6.07, 6.45) is 0.803. The predicted octanol–water partition coefficient (Wildman–Crippen LogP) is 2.88. The number of nitrogens with two attached hydrogens (primary N) is 2. The van der Waals surface area contributed by atoms with Gasteiger partial charge >= 0.3 is 5.92 Å². The first-order valence-electron chi connectivity index (χ1n) is 8.77. The van der Waals surface area contributed by atoms with Gasteiger partial charge in [0.2, 0.25) is 0 Å². The number of hydrogen-bond acceptors (Lipinski definition) is 5. The molecule has 0 amide bonds. The minimum atomic E-state index is -4.06. The van der Waals surface area contributed by atoms with Gasteiger partial charge in [-0.1, -0.05) is 23.8 Å². The van der Waals surface area contributed by atoms with Crippen molar-refractivity contribution in [2.45, 2.75) is 18.4 Å². The van der Waals surface area contributed by atoms with E-state index in [4.69, 9.17) is 11.7 Å². The Morgan fingerprint density at radius 3 is 2.50 bits per heavy atom. The van der Waals surface area contributed by atoms with E-state index in [9.17, 15) is 13.9 Å². The molecule has 5 N–H and O–H groups in total. The van der Waals surface area contributed by atoms with E-state index in [1.54, 1.807) is 18.2 Å². The van der Waals surface area contributed by atoms with Crippen molar-refractivity contribution in [3.05, 3.63) is 77.0 Å². The van der Waals surface area contributed by atoms with Crippen LogP contribution in [0.25, 0.3) is 10.9 Å². The molecule has 1 heterocycles. The maximum absolute atomic E-state index is 15.6. The van der Waals surface area contributed by atoms with Crippen LogP contribution in [0.2, 0.25) is 0 Å². The van der Waals surface area contributed by atoms with Crippen molar-refractivity contribution in [2.75, 3.05) is 6.54 Å². The van der Waals surface area contributed by atoms with Crippen molar-refractivity contribution < 1.29 is 22.7 Å². The molecule has 1 atom stereocenters. The first kappa shape index (κ1) is 21.5. The van der Waals surface area contributed by atoms with Crippen molar-refractivity contribution in [3.8, 4) is 0 Å². The molecule has 0 saturated carbocycles. The summed E-state index contributed by atoms with van der Waals surface area (Å²) < 4.78 is 58.4. The fourth-order valence-electron chi connectivity index (χ4n) is 3.15. The van der Waals surface area contributed by atoms with Gasteiger partial charge in [0.05, 0.1) is 12.1 Å². The maximum atomic E-state index is 15.6. The summed E-state index contributed by atoms with van der Waals surface area (Å²) in [6.45, 7) is 0.901. The summed E-state index contributed by atoms with van der Waals surface area (Å²) in [5.41, 5.74) is -3.27. The number of pyridine rings is 1. The molecule has 1 unspecified atom stereocenters. The molecule has 3 aromatic rings. The Morgan fingerprint density at radius 1 is 1.10 bits per heavy atom. The summed E-state index contributed by atoms with van der Waals surface area (Å²) in [5, 5.41) is 15.4. The Balaban J connectivity index is 2.17. The quantitative estimate of drug-likeness (QED) is 0.187. The van der Waals surface area contributed by atoms with E-state index in [0.29, 0.717) is 22.5 Å². The molecule has 0 radical (unpaired) electrons. The van der Waals surface area contributed by atoms with Crippen molar-refractivity contribution >= 4 is 17.2 Å². The van der Waals surface area contributed by atoms with E-state index in [0.717, 1.165) is 24.0 Å². The molecular weight excluding hydrogens is 402 g/mol. The second kappa shape index (κ2) is 7.88. The molecule has 2 aromatic carbocycles. The minimum absolute atomic E-state index is 0.276. The van der Waals surface area contributed by atoms with Gasteiger partial charge in [-0.15, -0.1) is 0 Å². The monoisotopic (exact) mass is 421 g/mol. The van der Waals surface area contributed by atoms with Crippen LogP contribution in [0.3, 0.4) is 0 Å². The van der Waals surface area contributed by atoms with E-state index in [-0.39, 0.29) is 5.52 Å². The first-order valence-corrected chi connectivity index (χ1v) is 8.77. The smallest absolute Gasteiger partial charge is 0.323 e. The third kappa shape index (κ3) is 3.79. The average molecular weight is 421 g/mol. The van der Waals surface area contributed by atoms with Crippen LogP contribution in [0.15, 0.2) is 53.6 Å². The van der Waals surface area contributed by atoms with Gasteiger partial charge in [-0.25, -0.2) is 19.6 Å². The van der Waals surface area contributed by atoms with Crippen molar-refractivity contribution in [1.29, 1.82) is 0 Å². The van der Waals surface area contributed by atoms with Crippen molar-refractivity contribution in [3.63, 3.8) is 0 Å². The zero-order valence-electron chi connectivity index (χ0n) is 15.9. The number of halogens is 4. The number of hydrazine groups is 1. The summed E-state index contributed by atoms with van der Waals surface area (Å²) in [5.74, 6) is 3.85. The molecule has 6 nitrogen and oxygen atoms in total. The lowest BCUT2D eigenvalue weighted by Crippen LogP contribution is -2.53. The lowest BCUT2D eigenvalue weighted by molar-refractivity contribution is -0.202. The van der Waals surface area contributed by atoms with Gasteiger partial charge in [-0.3, -0.25) is 5.01 Å². The van der Waals surface area contributed by atoms with Gasteiger partial charge in [0.1, 0.15) is 12.0 Å². The number of aromatic nitrogens is 1. The number of aryl methyl sites for hydroxylation is 1. The fourth-order valence-corrected chi connectivity index (χ4v) is 3.15. The number of aliphatic hydroxyl groups is 1. The molecule has 0 fully saturated rings. The molecule has 3 rings (SSSR count). The van der Waals surface area contributed by atoms with E-state index >= 15 is 8.78 Å². The normalized spacial score (nSPS) is 14.2. The van der Waals surface area contributed by atoms with Crippen LogP contribution in [0.5, 0.6) is 0 Å². The highest BCUT2D eigenvalue weighted by Crippen LogP contribution is 2.45. The Hall–Kier alpha value is -3.24. The summed E-state index contributed by atoms with van der Waals surface area (Å²) in [7, 11) is 0. The maximum Gasteiger partial charge on any atom is 0.323 e. The highest BCUT2D eigenvalue weighted by atomic mass is 19.3. The number of alkyl halides is 2. The van der Waals surface area contributed by atoms with Crippen LogP contribution in [-0.2, 0) is 11.5 Å². The van der Waals surface area contributed by atoms with Crippen LogP contribution in [0.4, 0.5) is 17.6 Å². The molecule has 0 aliphatic rings. The molecular formula is C20H19F4N5O. The van der Waals surface area contributed by atoms with Crippen LogP contribution < -0.4 is 11.7 Å². The summed E-state index contributed by atoms with van der Waals surface area (Å²) >= 11 is 0. The Bertz CT molecular complexity index is 1110. The minimum Gasteiger partial charge on any atom is -0.377 e. The molecule has 0 aliphatic heterocycles. The molecule has 1 aromatic heterocycles. The van der Waals surface area contributed by atoms with Crippen LogP contribution in [0, 0.1) is 18.6 Å². The highest BCUT2D eigenvalue weighted by Gasteiger charge is 2.57. The van der Waals surface area contributed by atoms with Gasteiger partial charge in [0, 0.05) is 5.39 Å². The zero-order valence-corrected chi connectivity index (χ0v) is 15.9. The van der Waals surface area contributed by atoms with Crippen LogP contribution in [-0.4, -0.2) is 28.0 Å². The van der Waals surface area contributed by atoms with E-state index in [1.165, 1.54) is 6.07 Å². The van der Waals surface area contributed by atoms with E-state index in [2.05, 4.69) is 10.1 Å². The van der Waals surface area contributed by atoms with Gasteiger partial charge in [0.15, 0.2) is 17.2 Å². The fraction of sp³-hybridized carbons (Fsp3) is 0.200.